The fourth-order valence-corrected chi connectivity index (χ4v) is 2.04. The predicted molar refractivity (Wildman–Crippen MR) is 76.2 cm³/mol. The Morgan fingerprint density at radius 1 is 1.05 bits per heavy atom. The Morgan fingerprint density at radius 3 is 2.33 bits per heavy atom. The van der Waals surface area contributed by atoms with Gasteiger partial charge in [0.05, 0.1) is 10.5 Å². The van der Waals surface area contributed by atoms with E-state index in [1.807, 2.05) is 0 Å². The second-order valence-corrected chi connectivity index (χ2v) is 4.31. The van der Waals surface area contributed by atoms with E-state index in [2.05, 4.69) is 10.1 Å². The zero-order valence-electron chi connectivity index (χ0n) is 10.8. The van der Waals surface area contributed by atoms with Crippen LogP contribution < -0.4 is 5.73 Å². The average molecular weight is 282 g/mol. The Labute approximate surface area is 119 Å². The van der Waals surface area contributed by atoms with Gasteiger partial charge in [-0.1, -0.05) is 5.16 Å². The van der Waals surface area contributed by atoms with Crippen molar-refractivity contribution in [1.82, 2.24) is 10.1 Å². The molecule has 0 spiro atoms. The molecule has 21 heavy (non-hydrogen) atoms. The summed E-state index contributed by atoms with van der Waals surface area (Å²) in [6, 6.07) is 9.63. The summed E-state index contributed by atoms with van der Waals surface area (Å²) in [5.41, 5.74) is 8.53. The third-order valence-electron chi connectivity index (χ3n) is 3.04. The van der Waals surface area contributed by atoms with Crippen LogP contribution in [0.5, 0.6) is 0 Å². The smallest absolute Gasteiger partial charge is 0.269 e. The van der Waals surface area contributed by atoms with Crippen LogP contribution in [0.25, 0.3) is 22.4 Å². The monoisotopic (exact) mass is 282 g/mol. The Balaban J connectivity index is 2.10. The summed E-state index contributed by atoms with van der Waals surface area (Å²) in [4.78, 5) is 14.2. The number of non-ortho nitro benzene ring substituents is 1. The van der Waals surface area contributed by atoms with Crippen molar-refractivity contribution in [3.8, 4) is 22.4 Å². The molecule has 104 valence electrons. The third kappa shape index (κ3) is 2.32. The summed E-state index contributed by atoms with van der Waals surface area (Å²) in [6.45, 7) is 0. The van der Waals surface area contributed by atoms with Crippen molar-refractivity contribution in [1.29, 1.82) is 0 Å². The highest BCUT2D eigenvalue weighted by Crippen LogP contribution is 2.36. The van der Waals surface area contributed by atoms with Crippen molar-refractivity contribution in [3.63, 3.8) is 0 Å². The number of anilines is 1. The normalized spacial score (nSPS) is 10.5. The van der Waals surface area contributed by atoms with Gasteiger partial charge in [-0.05, 0) is 29.8 Å². The van der Waals surface area contributed by atoms with Gasteiger partial charge in [0.25, 0.3) is 5.69 Å². The van der Waals surface area contributed by atoms with Crippen molar-refractivity contribution >= 4 is 11.6 Å². The fourth-order valence-electron chi connectivity index (χ4n) is 2.04. The standard InChI is InChI=1S/C14H10N4O3/c15-14-12(9-5-7-16-8-6-9)13(17-21-14)10-1-3-11(4-2-10)18(19)20/h1-8H,15H2. The zero-order valence-corrected chi connectivity index (χ0v) is 10.8. The van der Waals surface area contributed by atoms with Crippen LogP contribution in [0.3, 0.4) is 0 Å². The molecule has 0 fully saturated rings. The van der Waals surface area contributed by atoms with Gasteiger partial charge in [-0.25, -0.2) is 0 Å². The number of nitro groups is 1. The van der Waals surface area contributed by atoms with Crippen LogP contribution in [-0.2, 0) is 0 Å². The first-order valence-corrected chi connectivity index (χ1v) is 6.07. The Morgan fingerprint density at radius 2 is 1.71 bits per heavy atom. The summed E-state index contributed by atoms with van der Waals surface area (Å²) >= 11 is 0. The van der Waals surface area contributed by atoms with Gasteiger partial charge in [-0.3, -0.25) is 15.1 Å². The Bertz CT molecular complexity index is 782. The van der Waals surface area contributed by atoms with Crippen LogP contribution >= 0.6 is 0 Å². The van der Waals surface area contributed by atoms with Gasteiger partial charge >= 0.3 is 0 Å². The quantitative estimate of drug-likeness (QED) is 0.584. The molecule has 0 aliphatic carbocycles. The molecule has 2 heterocycles. The van der Waals surface area contributed by atoms with Crippen molar-refractivity contribution in [2.24, 2.45) is 0 Å². The van der Waals surface area contributed by atoms with Gasteiger partial charge < -0.3 is 10.3 Å². The molecule has 0 aliphatic rings. The molecule has 0 aliphatic heterocycles. The van der Waals surface area contributed by atoms with E-state index >= 15 is 0 Å². The summed E-state index contributed by atoms with van der Waals surface area (Å²) in [6.07, 6.45) is 3.28. The van der Waals surface area contributed by atoms with E-state index in [-0.39, 0.29) is 11.6 Å². The number of nitrogens with zero attached hydrogens (tertiary/aromatic N) is 3. The van der Waals surface area contributed by atoms with Crippen LogP contribution in [0, 0.1) is 10.1 Å². The van der Waals surface area contributed by atoms with E-state index in [4.69, 9.17) is 10.3 Å². The number of hydrogen-bond donors (Lipinski definition) is 1. The molecule has 0 radical (unpaired) electrons. The van der Waals surface area contributed by atoms with E-state index in [1.165, 1.54) is 12.1 Å². The van der Waals surface area contributed by atoms with E-state index in [1.54, 1.807) is 36.7 Å². The highest BCUT2D eigenvalue weighted by atomic mass is 16.6. The molecule has 0 saturated heterocycles. The van der Waals surface area contributed by atoms with Crippen LogP contribution in [0.4, 0.5) is 11.6 Å². The molecule has 2 N–H and O–H groups in total. The minimum absolute atomic E-state index is 0.0145. The maximum Gasteiger partial charge on any atom is 0.269 e. The molecule has 7 heteroatoms. The zero-order chi connectivity index (χ0) is 14.8. The number of nitrogen functional groups attached to an aromatic ring is 1. The van der Waals surface area contributed by atoms with E-state index < -0.39 is 4.92 Å². The second-order valence-electron chi connectivity index (χ2n) is 4.31. The van der Waals surface area contributed by atoms with Gasteiger partial charge in [0.15, 0.2) is 0 Å². The van der Waals surface area contributed by atoms with Crippen molar-refractivity contribution < 1.29 is 9.45 Å². The first-order chi connectivity index (χ1) is 10.2. The molecule has 1 aromatic carbocycles. The van der Waals surface area contributed by atoms with Gasteiger partial charge in [-0.15, -0.1) is 0 Å². The fraction of sp³-hybridized carbons (Fsp3) is 0. The first kappa shape index (κ1) is 12.8. The highest BCUT2D eigenvalue weighted by molar-refractivity contribution is 5.86. The van der Waals surface area contributed by atoms with E-state index in [9.17, 15) is 10.1 Å². The van der Waals surface area contributed by atoms with Gasteiger partial charge in [0, 0.05) is 30.1 Å². The van der Waals surface area contributed by atoms with Gasteiger partial charge in [0.2, 0.25) is 5.88 Å². The van der Waals surface area contributed by atoms with E-state index in [0.717, 1.165) is 5.56 Å². The summed E-state index contributed by atoms with van der Waals surface area (Å²) in [5, 5.41) is 14.6. The molecular formula is C14H10N4O3. The lowest BCUT2D eigenvalue weighted by Crippen LogP contribution is -1.89. The highest BCUT2D eigenvalue weighted by Gasteiger charge is 2.18. The minimum Gasteiger partial charge on any atom is -0.367 e. The van der Waals surface area contributed by atoms with Crippen molar-refractivity contribution in [2.45, 2.75) is 0 Å². The number of nitro benzene ring substituents is 1. The second kappa shape index (κ2) is 5.04. The molecule has 0 bridgehead atoms. The van der Waals surface area contributed by atoms with Gasteiger partial charge in [-0.2, -0.15) is 0 Å². The third-order valence-corrected chi connectivity index (χ3v) is 3.04. The number of aromatic nitrogens is 2. The van der Waals surface area contributed by atoms with Crippen molar-refractivity contribution in [2.75, 3.05) is 5.73 Å². The molecular weight excluding hydrogens is 272 g/mol. The topological polar surface area (TPSA) is 108 Å². The minimum atomic E-state index is -0.454. The average Bonchev–Trinajstić information content (AvgIpc) is 2.90. The number of nitrogens with two attached hydrogens (primary N) is 1. The first-order valence-electron chi connectivity index (χ1n) is 6.07. The molecule has 0 saturated carbocycles. The van der Waals surface area contributed by atoms with Gasteiger partial charge in [0.1, 0.15) is 5.69 Å². The number of hydrogen-bond acceptors (Lipinski definition) is 6. The molecule has 0 atom stereocenters. The maximum atomic E-state index is 10.7. The Kier molecular flexibility index (Phi) is 3.07. The lowest BCUT2D eigenvalue weighted by Gasteiger charge is -2.02. The number of pyridine rings is 1. The Hall–Kier alpha value is -3.22. The predicted octanol–water partition coefficient (Wildman–Crippen LogP) is 2.89. The maximum absolute atomic E-state index is 10.7. The van der Waals surface area contributed by atoms with Crippen LogP contribution in [-0.4, -0.2) is 15.1 Å². The summed E-state index contributed by atoms with van der Waals surface area (Å²) in [7, 11) is 0. The van der Waals surface area contributed by atoms with Crippen LogP contribution in [0.2, 0.25) is 0 Å². The SMILES string of the molecule is Nc1onc(-c2ccc([N+](=O)[O-])cc2)c1-c1ccncc1. The largest absolute Gasteiger partial charge is 0.367 e. The lowest BCUT2D eigenvalue weighted by molar-refractivity contribution is -0.384. The summed E-state index contributed by atoms with van der Waals surface area (Å²) in [5.74, 6) is 0.189. The molecule has 0 amide bonds. The lowest BCUT2D eigenvalue weighted by atomic mass is 10.0. The van der Waals surface area contributed by atoms with Crippen LogP contribution in [0.1, 0.15) is 0 Å². The number of benzene rings is 1. The van der Waals surface area contributed by atoms with E-state index in [0.29, 0.717) is 16.8 Å². The number of rotatable bonds is 3. The van der Waals surface area contributed by atoms with Crippen LogP contribution in [0.15, 0.2) is 53.3 Å². The molecule has 2 aromatic heterocycles. The molecule has 7 nitrogen and oxygen atoms in total. The molecule has 0 unspecified atom stereocenters. The van der Waals surface area contributed by atoms with Crippen molar-refractivity contribution in [3.05, 3.63) is 58.9 Å². The molecule has 3 aromatic rings. The molecule has 3 rings (SSSR count). The summed E-state index contributed by atoms with van der Waals surface area (Å²) < 4.78 is 5.06.